The van der Waals surface area contributed by atoms with Crippen LogP contribution in [0.4, 0.5) is 5.82 Å². The van der Waals surface area contributed by atoms with Crippen molar-refractivity contribution in [1.82, 2.24) is 19.6 Å². The van der Waals surface area contributed by atoms with Gasteiger partial charge in [0.1, 0.15) is 0 Å². The van der Waals surface area contributed by atoms with E-state index in [9.17, 15) is 13.2 Å². The highest BCUT2D eigenvalue weighted by atomic mass is 32.2. The van der Waals surface area contributed by atoms with Crippen LogP contribution in [-0.4, -0.2) is 54.0 Å². The fourth-order valence-electron chi connectivity index (χ4n) is 1.65. The fraction of sp³-hybridized carbons (Fsp3) is 0.545. The average molecular weight is 301 g/mol. The van der Waals surface area contributed by atoms with Crippen molar-refractivity contribution in [1.29, 1.82) is 0 Å². The van der Waals surface area contributed by atoms with E-state index in [1.54, 1.807) is 13.8 Å². The third kappa shape index (κ3) is 4.14. The summed E-state index contributed by atoms with van der Waals surface area (Å²) in [6.07, 6.45) is 2.72. The van der Waals surface area contributed by atoms with Crippen molar-refractivity contribution in [2.45, 2.75) is 13.8 Å². The summed E-state index contributed by atoms with van der Waals surface area (Å²) in [5.74, 6) is -0.692. The van der Waals surface area contributed by atoms with Gasteiger partial charge < -0.3 is 11.1 Å². The van der Waals surface area contributed by atoms with Gasteiger partial charge in [0.15, 0.2) is 11.5 Å². The Morgan fingerprint density at radius 1 is 1.30 bits per heavy atom. The zero-order valence-corrected chi connectivity index (χ0v) is 12.4. The molecule has 0 fully saturated rings. The van der Waals surface area contributed by atoms with Gasteiger partial charge >= 0.3 is 0 Å². The highest BCUT2D eigenvalue weighted by Crippen LogP contribution is 2.03. The van der Waals surface area contributed by atoms with E-state index < -0.39 is 15.9 Å². The molecule has 112 valence electrons. The van der Waals surface area contributed by atoms with Crippen molar-refractivity contribution in [3.05, 3.63) is 18.1 Å². The summed E-state index contributed by atoms with van der Waals surface area (Å²) < 4.78 is 25.1. The normalized spacial score (nSPS) is 11.6. The van der Waals surface area contributed by atoms with Gasteiger partial charge in [-0.25, -0.2) is 22.7 Å². The molecule has 0 aliphatic rings. The van der Waals surface area contributed by atoms with E-state index in [0.717, 1.165) is 0 Å². The van der Waals surface area contributed by atoms with Gasteiger partial charge in [0.2, 0.25) is 10.0 Å². The molecule has 0 saturated heterocycles. The molecule has 0 spiro atoms. The van der Waals surface area contributed by atoms with Crippen molar-refractivity contribution in [2.75, 3.05) is 31.1 Å². The first kappa shape index (κ1) is 16.3. The van der Waals surface area contributed by atoms with Crippen LogP contribution in [0.3, 0.4) is 0 Å². The lowest BCUT2D eigenvalue weighted by Gasteiger charge is -2.18. The molecular weight excluding hydrogens is 282 g/mol. The van der Waals surface area contributed by atoms with Gasteiger partial charge in [-0.3, -0.25) is 4.79 Å². The third-order valence-electron chi connectivity index (χ3n) is 2.69. The van der Waals surface area contributed by atoms with Gasteiger partial charge in [-0.1, -0.05) is 13.8 Å². The summed E-state index contributed by atoms with van der Waals surface area (Å²) in [6.45, 7) is 4.33. The number of sulfonamides is 1. The number of amides is 1. The Labute approximate surface area is 118 Å². The first-order valence-corrected chi connectivity index (χ1v) is 7.85. The van der Waals surface area contributed by atoms with E-state index in [4.69, 9.17) is 5.73 Å². The monoisotopic (exact) mass is 301 g/mol. The Balaban J connectivity index is 2.57. The first-order chi connectivity index (χ1) is 9.42. The van der Waals surface area contributed by atoms with Gasteiger partial charge in [0.25, 0.3) is 5.91 Å². The highest BCUT2D eigenvalue weighted by molar-refractivity contribution is 7.89. The molecule has 0 aliphatic carbocycles. The van der Waals surface area contributed by atoms with Crippen molar-refractivity contribution < 1.29 is 13.2 Å². The number of nitrogens with zero attached hydrogens (tertiary/aromatic N) is 3. The van der Waals surface area contributed by atoms with Crippen LogP contribution in [0.15, 0.2) is 12.4 Å². The quantitative estimate of drug-likeness (QED) is 0.698. The summed E-state index contributed by atoms with van der Waals surface area (Å²) >= 11 is 0. The molecule has 0 aromatic carbocycles. The molecule has 0 saturated carbocycles. The molecule has 0 unspecified atom stereocenters. The Morgan fingerprint density at radius 2 is 1.90 bits per heavy atom. The van der Waals surface area contributed by atoms with Crippen LogP contribution in [0.1, 0.15) is 24.3 Å². The molecule has 9 heteroatoms. The number of nitrogen functional groups attached to an aromatic ring is 1. The van der Waals surface area contributed by atoms with Crippen LogP contribution >= 0.6 is 0 Å². The third-order valence-corrected chi connectivity index (χ3v) is 4.71. The zero-order valence-electron chi connectivity index (χ0n) is 11.5. The molecule has 1 heterocycles. The maximum absolute atomic E-state index is 11.9. The lowest BCUT2D eigenvalue weighted by atomic mass is 10.4. The fourth-order valence-corrected chi connectivity index (χ4v) is 3.05. The van der Waals surface area contributed by atoms with Crippen LogP contribution in [-0.2, 0) is 10.0 Å². The van der Waals surface area contributed by atoms with Crippen molar-refractivity contribution in [3.63, 3.8) is 0 Å². The standard InChI is InChI=1S/C11H19N5O3S/c1-3-16(4-2)20(18,19)8-7-15-11(17)9-10(12)14-6-5-13-9/h5-6H,3-4,7-8H2,1-2H3,(H2,12,14)(H,15,17). The maximum Gasteiger partial charge on any atom is 0.273 e. The second-order valence-corrected chi connectivity index (χ2v) is 6.03. The summed E-state index contributed by atoms with van der Waals surface area (Å²) in [7, 11) is -3.36. The Kier molecular flexibility index (Phi) is 5.83. The second-order valence-electron chi connectivity index (χ2n) is 3.95. The molecule has 20 heavy (non-hydrogen) atoms. The number of aromatic nitrogens is 2. The number of hydrogen-bond donors (Lipinski definition) is 2. The van der Waals surface area contributed by atoms with Crippen LogP contribution in [0.5, 0.6) is 0 Å². The molecule has 0 radical (unpaired) electrons. The van der Waals surface area contributed by atoms with Crippen LogP contribution in [0, 0.1) is 0 Å². The summed E-state index contributed by atoms with van der Waals surface area (Å²) in [5, 5.41) is 2.47. The molecule has 1 aromatic rings. The van der Waals surface area contributed by atoms with Crippen LogP contribution in [0.25, 0.3) is 0 Å². The second kappa shape index (κ2) is 7.15. The number of nitrogens with one attached hydrogen (secondary N) is 1. The van der Waals surface area contributed by atoms with E-state index >= 15 is 0 Å². The van der Waals surface area contributed by atoms with Gasteiger partial charge in [-0.2, -0.15) is 0 Å². The summed E-state index contributed by atoms with van der Waals surface area (Å²) in [5.41, 5.74) is 5.50. The van der Waals surface area contributed by atoms with E-state index in [1.165, 1.54) is 16.7 Å². The number of rotatable bonds is 7. The summed E-state index contributed by atoms with van der Waals surface area (Å²) in [6, 6.07) is 0. The Bertz CT molecular complexity index is 557. The Hall–Kier alpha value is -1.74. The number of anilines is 1. The van der Waals surface area contributed by atoms with Gasteiger partial charge in [-0.05, 0) is 0 Å². The van der Waals surface area contributed by atoms with E-state index in [1.807, 2.05) is 0 Å². The minimum absolute atomic E-state index is 0.00627. The van der Waals surface area contributed by atoms with Crippen molar-refractivity contribution >= 4 is 21.7 Å². The highest BCUT2D eigenvalue weighted by Gasteiger charge is 2.19. The number of hydrogen-bond acceptors (Lipinski definition) is 6. The first-order valence-electron chi connectivity index (χ1n) is 6.24. The molecular formula is C11H19N5O3S. The molecule has 0 bridgehead atoms. The average Bonchev–Trinajstić information content (AvgIpc) is 2.39. The SMILES string of the molecule is CCN(CC)S(=O)(=O)CCNC(=O)c1nccnc1N. The smallest absolute Gasteiger partial charge is 0.273 e. The van der Waals surface area contributed by atoms with Crippen molar-refractivity contribution in [3.8, 4) is 0 Å². The lowest BCUT2D eigenvalue weighted by molar-refractivity contribution is 0.0951. The summed E-state index contributed by atoms with van der Waals surface area (Å²) in [4.78, 5) is 19.3. The van der Waals surface area contributed by atoms with Gasteiger partial charge in [0.05, 0.1) is 5.75 Å². The lowest BCUT2D eigenvalue weighted by Crippen LogP contribution is -2.37. The van der Waals surface area contributed by atoms with Gasteiger partial charge in [0, 0.05) is 32.0 Å². The number of carbonyl (C=O) groups is 1. The Morgan fingerprint density at radius 3 is 2.45 bits per heavy atom. The minimum Gasteiger partial charge on any atom is -0.382 e. The van der Waals surface area contributed by atoms with Crippen molar-refractivity contribution in [2.24, 2.45) is 0 Å². The molecule has 1 aromatic heterocycles. The molecule has 8 nitrogen and oxygen atoms in total. The molecule has 3 N–H and O–H groups in total. The van der Waals surface area contributed by atoms with E-state index in [-0.39, 0.29) is 23.8 Å². The predicted octanol–water partition coefficient (Wildman–Crippen LogP) is -0.540. The van der Waals surface area contributed by atoms with E-state index in [0.29, 0.717) is 13.1 Å². The largest absolute Gasteiger partial charge is 0.382 e. The topological polar surface area (TPSA) is 118 Å². The van der Waals surface area contributed by atoms with Gasteiger partial charge in [-0.15, -0.1) is 0 Å². The van der Waals surface area contributed by atoms with Crippen LogP contribution < -0.4 is 11.1 Å². The minimum atomic E-state index is -3.36. The van der Waals surface area contributed by atoms with E-state index in [2.05, 4.69) is 15.3 Å². The molecule has 1 amide bonds. The predicted molar refractivity (Wildman–Crippen MR) is 75.5 cm³/mol. The number of nitrogens with two attached hydrogens (primary N) is 1. The molecule has 1 rings (SSSR count). The molecule has 0 atom stereocenters. The van der Waals surface area contributed by atoms with Crippen LogP contribution in [0.2, 0.25) is 0 Å². The molecule has 0 aliphatic heterocycles. The number of carbonyl (C=O) groups excluding carboxylic acids is 1. The maximum atomic E-state index is 11.9. The zero-order chi connectivity index (χ0) is 15.2.